The van der Waals surface area contributed by atoms with Gasteiger partial charge in [-0.15, -0.1) is 0 Å². The molecule has 0 spiro atoms. The Kier molecular flexibility index (Phi) is 15.6. The molecule has 35 heavy (non-hydrogen) atoms. The molecule has 25 heteroatoms. The normalized spacial score (nSPS) is 36.4. The number of carbonyl (C=O) groups excluding carboxylic acids is 1. The van der Waals surface area contributed by atoms with Crippen LogP contribution in [0.3, 0.4) is 0 Å². The van der Waals surface area contributed by atoms with Gasteiger partial charge in [-0.05, 0) is 0 Å². The Morgan fingerprint density at radius 3 is 2.20 bits per heavy atom. The fourth-order valence-corrected chi connectivity index (χ4v) is 6.39. The van der Waals surface area contributed by atoms with E-state index in [4.69, 9.17) is 25.2 Å². The van der Waals surface area contributed by atoms with E-state index in [1.165, 1.54) is 4.90 Å². The zero-order valence-corrected chi connectivity index (χ0v) is 27.5. The number of hydrogen-bond donors (Lipinski definition) is 10. The van der Waals surface area contributed by atoms with Gasteiger partial charge in [0.05, 0.1) is 19.4 Å². The number of phosphoric ester groups is 1. The minimum atomic E-state index is -5.71. The van der Waals surface area contributed by atoms with Gasteiger partial charge in [-0.1, -0.05) is 0 Å². The third-order valence-corrected chi connectivity index (χ3v) is 8.38. The van der Waals surface area contributed by atoms with Gasteiger partial charge in [0.25, 0.3) is 0 Å². The van der Waals surface area contributed by atoms with E-state index < -0.39 is 79.0 Å². The first-order chi connectivity index (χ1) is 14.6. The summed E-state index contributed by atoms with van der Waals surface area (Å²) in [5, 5.41) is 28.7. The predicted octanol–water partition coefficient (Wildman–Crippen LogP) is -5.85. The Bertz CT molecular complexity index is 887. The second-order valence-corrected chi connectivity index (χ2v) is 11.3. The zero-order chi connectivity index (χ0) is 24.1. The van der Waals surface area contributed by atoms with Crippen molar-refractivity contribution in [2.24, 2.45) is 5.73 Å². The van der Waals surface area contributed by atoms with E-state index in [2.05, 4.69) is 29.1 Å². The summed E-state index contributed by atoms with van der Waals surface area (Å²) in [5.74, 6) is -0.416. The standard InChI is InChI=1S/C10H22N5O14P3.3Na/c11-10-13-7-4(8(18)14-10)12-2-15(7)9-6(17)5(16)3(27-9)1-26-31(22,23)29-32(24,25)28-30(19,20)21;;;/h3-7,9-10,12-13,16-17H,1-2,11H2,(H,14,18)(H,22,23)(H,24,25)(H2,19,20,21);;;/t3-,4?,5-,6-,7?,9-,10?;;;/m1.../s1. The van der Waals surface area contributed by atoms with Crippen molar-refractivity contribution in [1.29, 1.82) is 0 Å². The van der Waals surface area contributed by atoms with Crippen molar-refractivity contribution >= 4 is 118 Å². The van der Waals surface area contributed by atoms with E-state index >= 15 is 0 Å². The first-order valence-electron chi connectivity index (χ1n) is 8.70. The van der Waals surface area contributed by atoms with Crippen LogP contribution in [0, 0.1) is 0 Å². The largest absolute Gasteiger partial charge is 0.490 e. The Hall–Kier alpha value is 2.60. The Morgan fingerprint density at radius 2 is 1.63 bits per heavy atom. The first-order valence-corrected chi connectivity index (χ1v) is 13.2. The first kappa shape index (κ1) is 37.6. The number of nitrogens with two attached hydrogens (primary N) is 1. The number of rotatable bonds is 8. The molecule has 3 aliphatic heterocycles. The zero-order valence-electron chi connectivity index (χ0n) is 18.8. The number of phosphoric acid groups is 3. The van der Waals surface area contributed by atoms with Crippen molar-refractivity contribution in [3.8, 4) is 0 Å². The maximum absolute atomic E-state index is 12.0. The molecule has 0 saturated carbocycles. The topological polar surface area (TPSA) is 292 Å². The van der Waals surface area contributed by atoms with Gasteiger partial charge in [-0.3, -0.25) is 25.7 Å². The number of aliphatic hydroxyl groups is 2. The van der Waals surface area contributed by atoms with Crippen LogP contribution in [-0.4, -0.2) is 186 Å². The number of aliphatic hydroxyl groups excluding tert-OH is 2. The van der Waals surface area contributed by atoms with E-state index in [1.807, 2.05) is 0 Å². The third-order valence-electron chi connectivity index (χ3n) is 4.58. The van der Waals surface area contributed by atoms with Crippen LogP contribution in [0.1, 0.15) is 0 Å². The van der Waals surface area contributed by atoms with Crippen LogP contribution < -0.4 is 21.7 Å². The van der Waals surface area contributed by atoms with E-state index in [9.17, 15) is 33.6 Å². The molecule has 3 aliphatic rings. The number of ether oxygens (including phenoxy) is 1. The summed E-state index contributed by atoms with van der Waals surface area (Å²) >= 11 is 0. The molecule has 9 atom stereocenters. The van der Waals surface area contributed by atoms with E-state index in [-0.39, 0.29) is 95.3 Å². The minimum absolute atomic E-state index is 0. The van der Waals surface area contributed by atoms with Crippen molar-refractivity contribution in [1.82, 2.24) is 20.9 Å². The molecule has 3 radical (unpaired) electrons. The van der Waals surface area contributed by atoms with Gasteiger partial charge in [0.2, 0.25) is 5.91 Å². The molecule has 0 bridgehead atoms. The van der Waals surface area contributed by atoms with Crippen LogP contribution in [0.15, 0.2) is 0 Å². The molecule has 0 aromatic rings. The molecule has 0 aromatic heterocycles. The van der Waals surface area contributed by atoms with Crippen molar-refractivity contribution < 1.29 is 66.2 Å². The van der Waals surface area contributed by atoms with Crippen molar-refractivity contribution in [3.05, 3.63) is 0 Å². The monoisotopic (exact) mass is 598 g/mol. The molecule has 19 nitrogen and oxygen atoms in total. The van der Waals surface area contributed by atoms with Gasteiger partial charge in [-0.2, -0.15) is 8.62 Å². The van der Waals surface area contributed by atoms with Crippen LogP contribution in [0.4, 0.5) is 0 Å². The second kappa shape index (κ2) is 14.5. The molecule has 3 saturated heterocycles. The fraction of sp³-hybridized carbons (Fsp3) is 0.900. The summed E-state index contributed by atoms with van der Waals surface area (Å²) in [4.78, 5) is 49.1. The Morgan fingerprint density at radius 1 is 1.03 bits per heavy atom. The summed E-state index contributed by atoms with van der Waals surface area (Å²) in [6.45, 7) is -0.930. The molecule has 189 valence electrons. The van der Waals surface area contributed by atoms with Gasteiger partial charge >= 0.3 is 23.5 Å². The molecule has 3 heterocycles. The van der Waals surface area contributed by atoms with Gasteiger partial charge in [0.15, 0.2) is 0 Å². The number of hydrogen-bond acceptors (Lipinski definition) is 14. The molecular weight excluding hydrogens is 576 g/mol. The van der Waals surface area contributed by atoms with Gasteiger partial charge < -0.3 is 39.8 Å². The van der Waals surface area contributed by atoms with E-state index in [0.717, 1.165) is 0 Å². The van der Waals surface area contributed by atoms with Crippen molar-refractivity contribution in [3.63, 3.8) is 0 Å². The fourth-order valence-electron chi connectivity index (χ4n) is 3.36. The van der Waals surface area contributed by atoms with Crippen LogP contribution >= 0.6 is 23.5 Å². The number of fused-ring (bicyclic) bond motifs is 1. The van der Waals surface area contributed by atoms with Crippen LogP contribution in [0.5, 0.6) is 0 Å². The predicted molar refractivity (Wildman–Crippen MR) is 114 cm³/mol. The number of carbonyl (C=O) groups is 1. The Balaban J connectivity index is 0.00000385. The van der Waals surface area contributed by atoms with Gasteiger partial charge in [-0.25, -0.2) is 18.6 Å². The molecule has 11 N–H and O–H groups in total. The average molecular weight is 598 g/mol. The second-order valence-electron chi connectivity index (χ2n) is 6.88. The van der Waals surface area contributed by atoms with Crippen LogP contribution in [0.25, 0.3) is 0 Å². The molecule has 3 fully saturated rings. The average Bonchev–Trinajstić information content (AvgIpc) is 3.12. The van der Waals surface area contributed by atoms with Gasteiger partial charge in [0, 0.05) is 88.7 Å². The van der Waals surface area contributed by atoms with E-state index in [1.54, 1.807) is 0 Å². The summed E-state index contributed by atoms with van der Waals surface area (Å²) in [7, 11) is -16.7. The molecule has 0 aromatic carbocycles. The minimum Gasteiger partial charge on any atom is -0.387 e. The SMILES string of the molecule is NC1NC(=O)C2NCN([C@@H]3O[C@H](COP(=O)(O)OP(=O)(O)OP(=O)(O)O)[C@@H](O)[C@H]3O)C2N1.[Na].[Na].[Na]. The van der Waals surface area contributed by atoms with Crippen LogP contribution in [-0.2, 0) is 36.4 Å². The maximum Gasteiger partial charge on any atom is 0.490 e. The van der Waals surface area contributed by atoms with E-state index in [0.29, 0.717) is 0 Å². The molecular formula is C10H22N5Na3O14P3. The summed E-state index contributed by atoms with van der Waals surface area (Å²) in [6, 6.07) is -0.753. The van der Waals surface area contributed by atoms with Gasteiger partial charge in [0.1, 0.15) is 36.9 Å². The van der Waals surface area contributed by atoms with Crippen molar-refractivity contribution in [2.45, 2.75) is 43.0 Å². The molecule has 1 amide bonds. The van der Waals surface area contributed by atoms with Crippen molar-refractivity contribution in [2.75, 3.05) is 13.3 Å². The number of amides is 1. The summed E-state index contributed by atoms with van der Waals surface area (Å²) < 4.78 is 50.8. The molecule has 3 rings (SSSR count). The molecule has 0 aliphatic carbocycles. The number of nitrogens with zero attached hydrogens (tertiary/aromatic N) is 1. The third kappa shape index (κ3) is 10.2. The summed E-state index contributed by atoms with van der Waals surface area (Å²) in [6.07, 6.45) is -7.55. The molecule has 5 unspecified atom stereocenters. The number of nitrogens with one attached hydrogen (secondary N) is 3. The maximum atomic E-state index is 12.0. The Labute approximate surface area is 264 Å². The smallest absolute Gasteiger partial charge is 0.387 e. The summed E-state index contributed by atoms with van der Waals surface area (Å²) in [5.41, 5.74) is 5.67. The van der Waals surface area contributed by atoms with Crippen LogP contribution in [0.2, 0.25) is 0 Å². The quantitative estimate of drug-likeness (QED) is 0.0919.